The fourth-order valence-electron chi connectivity index (χ4n) is 1.87. The molecule has 8 nitrogen and oxygen atoms in total. The van der Waals surface area contributed by atoms with Crippen molar-refractivity contribution in [1.29, 1.82) is 0 Å². The number of aliphatic carboxylic acids is 1. The fourth-order valence-corrected chi connectivity index (χ4v) is 2.85. The van der Waals surface area contributed by atoms with Gasteiger partial charge in [-0.2, -0.15) is 0 Å². The summed E-state index contributed by atoms with van der Waals surface area (Å²) in [6.45, 7) is 3.12. The van der Waals surface area contributed by atoms with Gasteiger partial charge in [0.2, 0.25) is 0 Å². The van der Waals surface area contributed by atoms with E-state index in [0.717, 1.165) is 0 Å². The summed E-state index contributed by atoms with van der Waals surface area (Å²) in [5.74, 6) is -1.63. The van der Waals surface area contributed by atoms with E-state index in [1.54, 1.807) is 17.2 Å². The van der Waals surface area contributed by atoms with E-state index in [0.29, 0.717) is 0 Å². The Morgan fingerprint density at radius 2 is 2.14 bits per heavy atom. The van der Waals surface area contributed by atoms with E-state index >= 15 is 0 Å². The van der Waals surface area contributed by atoms with E-state index in [1.807, 2.05) is 0 Å². The molecule has 0 fully saturated rings. The van der Waals surface area contributed by atoms with Crippen molar-refractivity contribution in [3.05, 3.63) is 23.9 Å². The minimum Gasteiger partial charge on any atom is -0.481 e. The van der Waals surface area contributed by atoms with Crippen LogP contribution in [0.1, 0.15) is 13.8 Å². The number of fused-ring (bicyclic) bond motifs is 1. The first kappa shape index (κ1) is 16.2. The van der Waals surface area contributed by atoms with E-state index in [4.69, 9.17) is 5.11 Å². The van der Waals surface area contributed by atoms with Crippen molar-refractivity contribution in [3.8, 4) is 0 Å². The van der Waals surface area contributed by atoms with Crippen LogP contribution >= 0.6 is 0 Å². The van der Waals surface area contributed by atoms with Gasteiger partial charge in [0.1, 0.15) is 0 Å². The molecule has 0 atom stereocenters. The molecule has 0 aliphatic carbocycles. The summed E-state index contributed by atoms with van der Waals surface area (Å²) < 4.78 is 26.8. The minimum absolute atomic E-state index is 0.0689. The van der Waals surface area contributed by atoms with Gasteiger partial charge in [-0.3, -0.25) is 9.59 Å². The van der Waals surface area contributed by atoms with Gasteiger partial charge in [-0.15, -0.1) is 4.40 Å². The average Bonchev–Trinajstić information content (AvgIpc) is 2.43. The van der Waals surface area contributed by atoms with Crippen LogP contribution < -0.4 is 5.32 Å². The van der Waals surface area contributed by atoms with Crippen molar-refractivity contribution < 1.29 is 23.1 Å². The lowest BCUT2D eigenvalue weighted by molar-refractivity contribution is -0.146. The Hall–Kier alpha value is -2.16. The zero-order valence-corrected chi connectivity index (χ0v) is 13.1. The molecule has 0 saturated heterocycles. The number of allylic oxidation sites excluding steroid dienone is 2. The van der Waals surface area contributed by atoms with Crippen molar-refractivity contribution in [2.45, 2.75) is 13.8 Å². The number of carbonyl (C=O) groups is 2. The number of hydrogen-bond donors (Lipinski definition) is 2. The van der Waals surface area contributed by atoms with Gasteiger partial charge in [0.15, 0.2) is 5.84 Å². The third-order valence-electron chi connectivity index (χ3n) is 3.37. The van der Waals surface area contributed by atoms with Crippen molar-refractivity contribution in [1.82, 2.24) is 10.2 Å². The predicted octanol–water partition coefficient (Wildman–Crippen LogP) is -0.289. The molecule has 1 amide bonds. The molecule has 2 heterocycles. The van der Waals surface area contributed by atoms with Crippen LogP contribution in [0.2, 0.25) is 0 Å². The summed E-state index contributed by atoms with van der Waals surface area (Å²) >= 11 is 0. The molecule has 120 valence electrons. The molecule has 0 unspecified atom stereocenters. The zero-order valence-electron chi connectivity index (χ0n) is 12.2. The molecule has 0 radical (unpaired) electrons. The van der Waals surface area contributed by atoms with E-state index in [2.05, 4.69) is 9.71 Å². The highest BCUT2D eigenvalue weighted by atomic mass is 32.2. The molecule has 22 heavy (non-hydrogen) atoms. The minimum atomic E-state index is -3.58. The number of carboxylic acid groups (broad SMARTS) is 1. The Morgan fingerprint density at radius 1 is 1.45 bits per heavy atom. The monoisotopic (exact) mass is 327 g/mol. The normalized spacial score (nSPS) is 19.8. The first-order valence-corrected chi connectivity index (χ1v) is 8.23. The molecule has 9 heteroatoms. The van der Waals surface area contributed by atoms with Gasteiger partial charge in [0.25, 0.3) is 15.9 Å². The first-order valence-electron chi connectivity index (χ1n) is 6.62. The SMILES string of the molecule is CC(C)(CNC(=O)C1=CC=CN2CCS(=O)(=O)N=C12)C(=O)O. The third kappa shape index (κ3) is 3.35. The van der Waals surface area contributed by atoms with Crippen LogP contribution in [0, 0.1) is 5.41 Å². The van der Waals surface area contributed by atoms with Crippen LogP contribution in [-0.4, -0.2) is 55.0 Å². The van der Waals surface area contributed by atoms with Gasteiger partial charge in [-0.05, 0) is 26.0 Å². The molecule has 2 rings (SSSR count). The number of nitrogens with one attached hydrogen (secondary N) is 1. The van der Waals surface area contributed by atoms with Gasteiger partial charge >= 0.3 is 5.97 Å². The lowest BCUT2D eigenvalue weighted by Gasteiger charge is -2.29. The van der Waals surface area contributed by atoms with Crippen LogP contribution in [-0.2, 0) is 19.6 Å². The van der Waals surface area contributed by atoms with Crippen LogP contribution in [0.4, 0.5) is 0 Å². The van der Waals surface area contributed by atoms with Gasteiger partial charge in [-0.1, -0.05) is 0 Å². The van der Waals surface area contributed by atoms with E-state index < -0.39 is 27.3 Å². The zero-order chi connectivity index (χ0) is 16.5. The molecule has 0 aromatic rings. The highest BCUT2D eigenvalue weighted by Crippen LogP contribution is 2.19. The molecule has 2 aliphatic rings. The van der Waals surface area contributed by atoms with Crippen LogP contribution in [0.3, 0.4) is 0 Å². The molecule has 0 bridgehead atoms. The Morgan fingerprint density at radius 3 is 2.77 bits per heavy atom. The molecule has 0 spiro atoms. The molecule has 2 aliphatic heterocycles. The molecular weight excluding hydrogens is 310 g/mol. The van der Waals surface area contributed by atoms with Crippen molar-refractivity contribution in [2.75, 3.05) is 18.8 Å². The maximum absolute atomic E-state index is 12.2. The van der Waals surface area contributed by atoms with Crippen molar-refractivity contribution in [3.63, 3.8) is 0 Å². The summed E-state index contributed by atoms with van der Waals surface area (Å²) in [5, 5.41) is 11.5. The van der Waals surface area contributed by atoms with Crippen LogP contribution in [0.25, 0.3) is 0 Å². The molecule has 2 N–H and O–H groups in total. The lowest BCUT2D eigenvalue weighted by atomic mass is 9.93. The van der Waals surface area contributed by atoms with E-state index in [-0.39, 0.29) is 30.3 Å². The number of hydrogen-bond acceptors (Lipinski definition) is 5. The average molecular weight is 327 g/mol. The van der Waals surface area contributed by atoms with Crippen molar-refractivity contribution >= 4 is 27.7 Å². The smallest absolute Gasteiger partial charge is 0.310 e. The molecule has 0 saturated carbocycles. The Balaban J connectivity index is 2.19. The standard InChI is InChI=1S/C13H17N3O5S/c1-13(2,12(18)19)8-14-11(17)9-4-3-5-16-6-7-22(20,21)15-10(9)16/h3-5H,6-8H2,1-2H3,(H,14,17)(H,18,19). The number of amides is 1. The van der Waals surface area contributed by atoms with Crippen LogP contribution in [0.5, 0.6) is 0 Å². The summed E-state index contributed by atoms with van der Waals surface area (Å²) in [5.41, 5.74) is -1.02. The Kier molecular flexibility index (Phi) is 4.10. The maximum Gasteiger partial charge on any atom is 0.310 e. The number of carbonyl (C=O) groups excluding carboxylic acids is 1. The summed E-state index contributed by atoms with van der Waals surface area (Å²) in [6.07, 6.45) is 4.72. The molecular formula is C13H17N3O5S. The van der Waals surface area contributed by atoms with Gasteiger partial charge < -0.3 is 15.3 Å². The van der Waals surface area contributed by atoms with Gasteiger partial charge in [0, 0.05) is 19.3 Å². The van der Waals surface area contributed by atoms with Crippen molar-refractivity contribution in [2.24, 2.45) is 9.81 Å². The second-order valence-electron chi connectivity index (χ2n) is 5.69. The fraction of sp³-hybridized carbons (Fsp3) is 0.462. The lowest BCUT2D eigenvalue weighted by Crippen LogP contribution is -2.45. The number of carboxylic acids is 1. The highest BCUT2D eigenvalue weighted by molar-refractivity contribution is 7.90. The topological polar surface area (TPSA) is 116 Å². The van der Waals surface area contributed by atoms with Crippen LogP contribution in [0.15, 0.2) is 28.3 Å². The largest absolute Gasteiger partial charge is 0.481 e. The molecule has 0 aromatic carbocycles. The Labute approximate surface area is 128 Å². The van der Waals surface area contributed by atoms with E-state index in [1.165, 1.54) is 19.9 Å². The summed E-state index contributed by atoms with van der Waals surface area (Å²) in [6, 6.07) is 0. The Bertz CT molecular complexity index is 703. The van der Waals surface area contributed by atoms with Gasteiger partial charge in [-0.25, -0.2) is 8.42 Å². The number of amidine groups is 1. The van der Waals surface area contributed by atoms with E-state index in [9.17, 15) is 18.0 Å². The first-order chi connectivity index (χ1) is 10.1. The summed E-state index contributed by atoms with van der Waals surface area (Å²) in [7, 11) is -3.58. The maximum atomic E-state index is 12.2. The number of rotatable bonds is 4. The second-order valence-corrected chi connectivity index (χ2v) is 7.44. The second kappa shape index (κ2) is 5.56. The third-order valence-corrected chi connectivity index (χ3v) is 4.52. The number of sulfonamides is 1. The predicted molar refractivity (Wildman–Crippen MR) is 79.6 cm³/mol. The number of nitrogens with zero attached hydrogens (tertiary/aromatic N) is 2. The highest BCUT2D eigenvalue weighted by Gasteiger charge is 2.32. The quantitative estimate of drug-likeness (QED) is 0.733. The molecule has 0 aromatic heterocycles. The summed E-state index contributed by atoms with van der Waals surface area (Å²) in [4.78, 5) is 24.8. The van der Waals surface area contributed by atoms with Gasteiger partial charge in [0.05, 0.1) is 16.7 Å².